The molecule has 1 rings (SSSR count). The third-order valence-electron chi connectivity index (χ3n) is 3.89. The van der Waals surface area contributed by atoms with Gasteiger partial charge in [-0.3, -0.25) is 0 Å². The van der Waals surface area contributed by atoms with Gasteiger partial charge < -0.3 is 0 Å². The van der Waals surface area contributed by atoms with Gasteiger partial charge in [0.15, 0.2) is 0 Å². The summed E-state index contributed by atoms with van der Waals surface area (Å²) < 4.78 is 3.81. The number of amides is 1. The zero-order valence-electron chi connectivity index (χ0n) is 15.6. The maximum absolute atomic E-state index is 12.6. The van der Waals surface area contributed by atoms with E-state index in [9.17, 15) is 4.79 Å². The Morgan fingerprint density at radius 1 is 1.09 bits per heavy atom. The topological polar surface area (TPSA) is 20.3 Å². The number of hydrogen-bond donors (Lipinski definition) is 0. The van der Waals surface area contributed by atoms with Crippen molar-refractivity contribution < 1.29 is 24.8 Å². The van der Waals surface area contributed by atoms with Crippen molar-refractivity contribution in [1.82, 2.24) is 3.30 Å². The Kier molecular flexibility index (Phi) is 7.64. The molecule has 0 bridgehead atoms. The Hall–Kier alpha value is -0.310. The van der Waals surface area contributed by atoms with Crippen molar-refractivity contribution in [2.24, 2.45) is 17.8 Å². The van der Waals surface area contributed by atoms with Crippen molar-refractivity contribution in [1.29, 1.82) is 0 Å². The van der Waals surface area contributed by atoms with Crippen LogP contribution in [-0.2, 0) is 24.8 Å². The molecule has 0 N–H and O–H groups in total. The second-order valence-electron chi connectivity index (χ2n) is 7.56. The molecule has 125 valence electrons. The zero-order chi connectivity index (χ0) is 17.0. The molecule has 0 radical (unpaired) electrons. The molecule has 0 fully saturated rings. The number of nitrogens with zero attached hydrogens (tertiary/aromatic N) is 1. The van der Waals surface area contributed by atoms with Crippen LogP contribution in [0.15, 0.2) is 21.0 Å². The first kappa shape index (κ1) is 19.7. The van der Waals surface area contributed by atoms with E-state index in [4.69, 9.17) is 0 Å². The fraction of sp³-hybridized carbons (Fsp3) is 0.737. The molecule has 1 aliphatic carbocycles. The summed E-state index contributed by atoms with van der Waals surface area (Å²) in [4.78, 5) is 12.6. The molecule has 0 unspecified atom stereocenters. The van der Waals surface area contributed by atoms with Gasteiger partial charge in [0.2, 0.25) is 0 Å². The molecule has 0 aromatic rings. The van der Waals surface area contributed by atoms with E-state index in [1.54, 1.807) is 9.36 Å². The van der Waals surface area contributed by atoms with Gasteiger partial charge in [-0.05, 0) is 0 Å². The molecule has 0 saturated heterocycles. The summed E-state index contributed by atoms with van der Waals surface area (Å²) in [6.07, 6.45) is 4.18. The molecule has 1 amide bonds. The van der Waals surface area contributed by atoms with Crippen molar-refractivity contribution in [3.05, 3.63) is 21.0 Å². The summed E-state index contributed by atoms with van der Waals surface area (Å²) in [5.74, 6) is 1.95. The molecule has 22 heavy (non-hydrogen) atoms. The van der Waals surface area contributed by atoms with Crippen molar-refractivity contribution >= 4 is 5.91 Å². The average molecular weight is 384 g/mol. The van der Waals surface area contributed by atoms with Crippen molar-refractivity contribution in [3.63, 3.8) is 0 Å². The van der Waals surface area contributed by atoms with Crippen LogP contribution >= 0.6 is 0 Å². The van der Waals surface area contributed by atoms with E-state index in [1.807, 2.05) is 0 Å². The summed E-state index contributed by atoms with van der Waals surface area (Å²) >= 11 is -0.797. The van der Waals surface area contributed by atoms with Crippen molar-refractivity contribution in [2.45, 2.75) is 74.3 Å². The molecular weight excluding hydrogens is 351 g/mol. The summed E-state index contributed by atoms with van der Waals surface area (Å²) in [7, 11) is 0. The molecule has 0 aliphatic heterocycles. The van der Waals surface area contributed by atoms with Crippen molar-refractivity contribution in [2.75, 3.05) is 0 Å². The normalized spacial score (nSPS) is 15.4. The first-order chi connectivity index (χ1) is 10.1. The number of allylic oxidation sites excluding steroid dienone is 4. The van der Waals surface area contributed by atoms with Crippen LogP contribution in [0.2, 0.25) is 0 Å². The predicted molar refractivity (Wildman–Crippen MR) is 90.8 cm³/mol. The van der Waals surface area contributed by atoms with Gasteiger partial charge in [0.1, 0.15) is 0 Å². The Morgan fingerprint density at radius 2 is 1.68 bits per heavy atom. The van der Waals surface area contributed by atoms with Gasteiger partial charge in [-0.1, -0.05) is 0 Å². The monoisotopic (exact) mass is 384 g/mol. The first-order valence-corrected chi connectivity index (χ1v) is 10.7. The third-order valence-corrected chi connectivity index (χ3v) is 7.74. The SMILES string of the molecule is CC(C)CC(=O)[N]([Nb][C]1=C(C(C)C)C(C(C)C)=CC1)C(C)C. The Bertz CT molecular complexity index is 458. The zero-order valence-corrected chi connectivity index (χ0v) is 17.8. The standard InChI is InChI=1S/C11H17.C8H17NO.Nb/c1-8(2)10-6-5-7-11(10)9(3)4;1-6(2)5-8(10)9-7(3)4;/h6,8-9H,5H2,1-4H3;6-7H,5H2,1-4H3,(H,9,10);/q;;+1/p-1. The van der Waals surface area contributed by atoms with Gasteiger partial charge in [0.05, 0.1) is 0 Å². The van der Waals surface area contributed by atoms with Crippen LogP contribution in [0.25, 0.3) is 0 Å². The van der Waals surface area contributed by atoms with Crippen molar-refractivity contribution in [3.8, 4) is 0 Å². The van der Waals surface area contributed by atoms with Gasteiger partial charge in [0.25, 0.3) is 0 Å². The van der Waals surface area contributed by atoms with Crippen LogP contribution < -0.4 is 0 Å². The van der Waals surface area contributed by atoms with Crippen LogP contribution in [0.4, 0.5) is 0 Å². The van der Waals surface area contributed by atoms with E-state index in [1.165, 1.54) is 5.57 Å². The minimum atomic E-state index is -0.797. The fourth-order valence-corrected chi connectivity index (χ4v) is 6.26. The maximum atomic E-state index is 12.6. The van der Waals surface area contributed by atoms with Gasteiger partial charge in [-0.15, -0.1) is 0 Å². The van der Waals surface area contributed by atoms with E-state index in [2.05, 4.69) is 64.8 Å². The van der Waals surface area contributed by atoms with Gasteiger partial charge >= 0.3 is 147 Å². The summed E-state index contributed by atoms with van der Waals surface area (Å²) in [6, 6.07) is 0.326. The average Bonchev–Trinajstić information content (AvgIpc) is 2.78. The van der Waals surface area contributed by atoms with E-state index in [0.29, 0.717) is 36.1 Å². The van der Waals surface area contributed by atoms with Gasteiger partial charge in [-0.2, -0.15) is 0 Å². The number of carbonyl (C=O) groups is 1. The second kappa shape index (κ2) is 8.52. The number of hydrogen-bond acceptors (Lipinski definition) is 1. The third kappa shape index (κ3) is 5.11. The van der Waals surface area contributed by atoms with Crippen LogP contribution in [0.5, 0.6) is 0 Å². The quantitative estimate of drug-likeness (QED) is 0.555. The van der Waals surface area contributed by atoms with E-state index in [-0.39, 0.29) is 0 Å². The predicted octanol–water partition coefficient (Wildman–Crippen LogP) is 5.16. The van der Waals surface area contributed by atoms with Gasteiger partial charge in [0, 0.05) is 0 Å². The van der Waals surface area contributed by atoms with E-state index >= 15 is 0 Å². The summed E-state index contributed by atoms with van der Waals surface area (Å²) in [5, 5.41) is 0. The molecule has 0 spiro atoms. The molecule has 1 aliphatic rings. The minimum absolute atomic E-state index is 0.326. The molecular formula is C19H33NNbO. The van der Waals surface area contributed by atoms with Crippen LogP contribution in [0, 0.1) is 17.8 Å². The molecule has 0 aromatic carbocycles. The van der Waals surface area contributed by atoms with Crippen LogP contribution in [-0.4, -0.2) is 15.3 Å². The number of rotatable bonds is 7. The van der Waals surface area contributed by atoms with Crippen LogP contribution in [0.1, 0.15) is 68.2 Å². The first-order valence-electron chi connectivity index (χ1n) is 8.62. The molecule has 2 nitrogen and oxygen atoms in total. The Labute approximate surface area is 147 Å². The summed E-state index contributed by atoms with van der Waals surface area (Å²) in [6.45, 7) is 17.7. The van der Waals surface area contributed by atoms with Crippen LogP contribution in [0.3, 0.4) is 0 Å². The molecule has 0 aromatic heterocycles. The second-order valence-corrected chi connectivity index (χ2v) is 10.4. The number of carbonyl (C=O) groups excluding carboxylic acids is 1. The molecule has 0 saturated carbocycles. The fourth-order valence-electron chi connectivity index (χ4n) is 2.93. The van der Waals surface area contributed by atoms with Gasteiger partial charge in [-0.25, -0.2) is 0 Å². The Morgan fingerprint density at radius 3 is 2.09 bits per heavy atom. The molecule has 0 heterocycles. The Balaban J connectivity index is 3.00. The van der Waals surface area contributed by atoms with E-state index < -0.39 is 20.0 Å². The molecule has 0 atom stereocenters. The summed E-state index contributed by atoms with van der Waals surface area (Å²) in [5.41, 5.74) is 3.09. The van der Waals surface area contributed by atoms with E-state index in [0.717, 1.165) is 6.42 Å². The molecule has 3 heteroatoms.